The van der Waals surface area contributed by atoms with E-state index in [-0.39, 0.29) is 0 Å². The number of nitrogens with one attached hydrogen (secondary N) is 1. The van der Waals surface area contributed by atoms with Crippen molar-refractivity contribution in [2.24, 2.45) is 5.92 Å². The molecule has 0 radical (unpaired) electrons. The Morgan fingerprint density at radius 1 is 1.33 bits per heavy atom. The van der Waals surface area contributed by atoms with Crippen molar-refractivity contribution in [3.63, 3.8) is 0 Å². The summed E-state index contributed by atoms with van der Waals surface area (Å²) < 4.78 is 0.902. The molecule has 1 aromatic carbocycles. The van der Waals surface area contributed by atoms with Crippen LogP contribution in [0.5, 0.6) is 0 Å². The predicted octanol–water partition coefficient (Wildman–Crippen LogP) is 4.14. The van der Waals surface area contributed by atoms with Gasteiger partial charge in [-0.05, 0) is 37.0 Å². The van der Waals surface area contributed by atoms with Gasteiger partial charge in [-0.1, -0.05) is 35.2 Å². The molecule has 0 heterocycles. The zero-order chi connectivity index (χ0) is 13.0. The topological polar surface area (TPSA) is 49.3 Å². The Morgan fingerprint density at radius 3 is 2.72 bits per heavy atom. The van der Waals surface area contributed by atoms with Gasteiger partial charge in [-0.2, -0.15) is 0 Å². The number of hydrogen-bond donors (Lipinski definition) is 2. The fraction of sp³-hybridized carbons (Fsp3) is 0.500. The Bertz CT molecular complexity index is 428. The number of benzene rings is 1. The van der Waals surface area contributed by atoms with Crippen LogP contribution in [-0.4, -0.2) is 17.6 Å². The summed E-state index contributed by atoms with van der Waals surface area (Å²) in [5.41, 5.74) is 1.05. The Balaban J connectivity index is 2.03. The summed E-state index contributed by atoms with van der Waals surface area (Å²) in [4.78, 5) is 11.1. The van der Waals surface area contributed by atoms with E-state index in [0.29, 0.717) is 17.2 Å². The largest absolute Gasteiger partial charge is 0.478 e. The third-order valence-electron chi connectivity index (χ3n) is 3.52. The molecule has 0 unspecified atom stereocenters. The lowest BCUT2D eigenvalue weighted by atomic mass is 9.89. The van der Waals surface area contributed by atoms with Crippen molar-refractivity contribution in [3.05, 3.63) is 28.2 Å². The van der Waals surface area contributed by atoms with Crippen molar-refractivity contribution in [1.29, 1.82) is 0 Å². The highest BCUT2D eigenvalue weighted by atomic mass is 79.9. The van der Waals surface area contributed by atoms with Crippen molar-refractivity contribution in [2.75, 3.05) is 11.9 Å². The minimum Gasteiger partial charge on any atom is -0.478 e. The zero-order valence-corrected chi connectivity index (χ0v) is 11.9. The Kier molecular flexibility index (Phi) is 4.64. The van der Waals surface area contributed by atoms with Crippen LogP contribution in [0.15, 0.2) is 22.7 Å². The van der Waals surface area contributed by atoms with Gasteiger partial charge in [-0.15, -0.1) is 0 Å². The first-order valence-electron chi connectivity index (χ1n) is 6.43. The van der Waals surface area contributed by atoms with E-state index in [2.05, 4.69) is 21.2 Å². The summed E-state index contributed by atoms with van der Waals surface area (Å²) in [7, 11) is 0. The monoisotopic (exact) mass is 311 g/mol. The third kappa shape index (κ3) is 3.48. The minimum absolute atomic E-state index is 0.342. The molecule has 0 aromatic heterocycles. The van der Waals surface area contributed by atoms with E-state index < -0.39 is 5.97 Å². The summed E-state index contributed by atoms with van der Waals surface area (Å²) in [5, 5.41) is 12.4. The molecule has 2 rings (SSSR count). The number of rotatable bonds is 4. The molecular formula is C14H18BrNO2. The van der Waals surface area contributed by atoms with Gasteiger partial charge in [0.1, 0.15) is 0 Å². The molecule has 1 aliphatic rings. The van der Waals surface area contributed by atoms with Crippen LogP contribution < -0.4 is 5.32 Å². The highest BCUT2D eigenvalue weighted by molar-refractivity contribution is 9.10. The Labute approximate surface area is 116 Å². The molecule has 2 N–H and O–H groups in total. The average molecular weight is 312 g/mol. The second-order valence-corrected chi connectivity index (χ2v) is 5.80. The van der Waals surface area contributed by atoms with E-state index >= 15 is 0 Å². The van der Waals surface area contributed by atoms with E-state index in [4.69, 9.17) is 5.11 Å². The van der Waals surface area contributed by atoms with Gasteiger partial charge in [0.2, 0.25) is 0 Å². The number of aromatic carboxylic acids is 1. The summed E-state index contributed by atoms with van der Waals surface area (Å²) >= 11 is 3.38. The van der Waals surface area contributed by atoms with Crippen molar-refractivity contribution in [2.45, 2.75) is 32.1 Å². The molecule has 0 bridgehead atoms. The van der Waals surface area contributed by atoms with Crippen LogP contribution >= 0.6 is 15.9 Å². The van der Waals surface area contributed by atoms with Gasteiger partial charge in [0.05, 0.1) is 5.56 Å². The van der Waals surface area contributed by atoms with E-state index in [1.807, 2.05) is 6.07 Å². The van der Waals surface area contributed by atoms with Crippen molar-refractivity contribution in [3.8, 4) is 0 Å². The molecule has 1 saturated carbocycles. The molecule has 3 nitrogen and oxygen atoms in total. The first-order valence-corrected chi connectivity index (χ1v) is 7.23. The lowest BCUT2D eigenvalue weighted by Gasteiger charge is -2.22. The summed E-state index contributed by atoms with van der Waals surface area (Å²) in [5.74, 6) is -0.201. The number of carboxylic acids is 1. The second-order valence-electron chi connectivity index (χ2n) is 4.88. The molecule has 98 valence electrons. The molecule has 18 heavy (non-hydrogen) atoms. The highest BCUT2D eigenvalue weighted by Gasteiger charge is 2.15. The SMILES string of the molecule is O=C(O)c1ccc(Br)cc1NCC1CCCCC1. The molecule has 1 aliphatic carbocycles. The maximum atomic E-state index is 11.1. The van der Waals surface area contributed by atoms with Crippen LogP contribution in [0, 0.1) is 5.92 Å². The number of carbonyl (C=O) groups is 1. The highest BCUT2D eigenvalue weighted by Crippen LogP contribution is 2.26. The van der Waals surface area contributed by atoms with Gasteiger partial charge in [-0.25, -0.2) is 4.79 Å². The summed E-state index contributed by atoms with van der Waals surface area (Å²) in [6.07, 6.45) is 6.45. The lowest BCUT2D eigenvalue weighted by Crippen LogP contribution is -2.18. The molecule has 0 spiro atoms. The lowest BCUT2D eigenvalue weighted by molar-refractivity contribution is 0.0698. The van der Waals surface area contributed by atoms with E-state index in [1.54, 1.807) is 12.1 Å². The third-order valence-corrected chi connectivity index (χ3v) is 4.01. The Hall–Kier alpha value is -1.03. The molecule has 1 aromatic rings. The minimum atomic E-state index is -0.881. The zero-order valence-electron chi connectivity index (χ0n) is 10.3. The maximum absolute atomic E-state index is 11.1. The van der Waals surface area contributed by atoms with Gasteiger partial charge in [0.25, 0.3) is 0 Å². The van der Waals surface area contributed by atoms with Crippen LogP contribution in [0.1, 0.15) is 42.5 Å². The van der Waals surface area contributed by atoms with Gasteiger partial charge >= 0.3 is 5.97 Å². The van der Waals surface area contributed by atoms with Gasteiger partial charge < -0.3 is 10.4 Å². The van der Waals surface area contributed by atoms with Crippen LogP contribution in [0.4, 0.5) is 5.69 Å². The van der Waals surface area contributed by atoms with Crippen molar-refractivity contribution < 1.29 is 9.90 Å². The van der Waals surface area contributed by atoms with Crippen molar-refractivity contribution >= 4 is 27.6 Å². The molecule has 0 amide bonds. The maximum Gasteiger partial charge on any atom is 0.337 e. The summed E-state index contributed by atoms with van der Waals surface area (Å²) in [6.45, 7) is 0.872. The molecule has 4 heteroatoms. The molecular weight excluding hydrogens is 294 g/mol. The molecule has 1 fully saturated rings. The van der Waals surface area contributed by atoms with Crippen LogP contribution in [0.3, 0.4) is 0 Å². The average Bonchev–Trinajstić information content (AvgIpc) is 2.37. The van der Waals surface area contributed by atoms with Crippen LogP contribution in [0.25, 0.3) is 0 Å². The standard InChI is InChI=1S/C14H18BrNO2/c15-11-6-7-12(14(17)18)13(8-11)16-9-10-4-2-1-3-5-10/h6-8,10,16H,1-5,9H2,(H,17,18). The normalized spacial score (nSPS) is 16.5. The van der Waals surface area contributed by atoms with Gasteiger partial charge in [-0.3, -0.25) is 0 Å². The first-order chi connectivity index (χ1) is 8.66. The molecule has 0 saturated heterocycles. The number of hydrogen-bond acceptors (Lipinski definition) is 2. The summed E-state index contributed by atoms with van der Waals surface area (Å²) in [6, 6.07) is 5.23. The van der Waals surface area contributed by atoms with E-state index in [1.165, 1.54) is 32.1 Å². The quantitative estimate of drug-likeness (QED) is 0.878. The predicted molar refractivity (Wildman–Crippen MR) is 76.2 cm³/mol. The fourth-order valence-electron chi connectivity index (χ4n) is 2.49. The molecule has 0 atom stereocenters. The van der Waals surface area contributed by atoms with E-state index in [9.17, 15) is 4.79 Å². The first kappa shape index (κ1) is 13.4. The van der Waals surface area contributed by atoms with E-state index in [0.717, 1.165) is 11.0 Å². The van der Waals surface area contributed by atoms with Crippen LogP contribution in [0.2, 0.25) is 0 Å². The molecule has 0 aliphatic heterocycles. The Morgan fingerprint density at radius 2 is 2.06 bits per heavy atom. The number of carboxylic acid groups (broad SMARTS) is 1. The van der Waals surface area contributed by atoms with Gasteiger partial charge in [0.15, 0.2) is 0 Å². The van der Waals surface area contributed by atoms with Gasteiger partial charge in [0, 0.05) is 16.7 Å². The fourth-order valence-corrected chi connectivity index (χ4v) is 2.86. The smallest absolute Gasteiger partial charge is 0.337 e. The number of anilines is 1. The second kappa shape index (κ2) is 6.23. The van der Waals surface area contributed by atoms with Crippen molar-refractivity contribution in [1.82, 2.24) is 0 Å². The number of halogens is 1. The van der Waals surface area contributed by atoms with Crippen LogP contribution in [-0.2, 0) is 0 Å².